The summed E-state index contributed by atoms with van der Waals surface area (Å²) in [6.07, 6.45) is 6.80. The van der Waals surface area contributed by atoms with Crippen molar-refractivity contribution in [3.63, 3.8) is 0 Å². The quantitative estimate of drug-likeness (QED) is 0.396. The number of hydrogen-bond acceptors (Lipinski definition) is 5. The number of aryl methyl sites for hydroxylation is 1. The molecule has 5 nitrogen and oxygen atoms in total. The van der Waals surface area contributed by atoms with E-state index in [0.29, 0.717) is 17.6 Å². The lowest BCUT2D eigenvalue weighted by Crippen LogP contribution is -2.34. The number of thiophene rings is 1. The second-order valence-corrected chi connectivity index (χ2v) is 9.70. The van der Waals surface area contributed by atoms with Gasteiger partial charge in [0.1, 0.15) is 4.83 Å². The van der Waals surface area contributed by atoms with Crippen molar-refractivity contribution >= 4 is 39.2 Å². The molecule has 0 spiro atoms. The highest BCUT2D eigenvalue weighted by Gasteiger charge is 2.24. The molecule has 0 saturated heterocycles. The number of nitrogens with zero attached hydrogens (tertiary/aromatic N) is 2. The third kappa shape index (κ3) is 4.51. The molecule has 3 rings (SSSR count). The summed E-state index contributed by atoms with van der Waals surface area (Å²) in [6.45, 7) is 10.6. The molecule has 1 aliphatic rings. The van der Waals surface area contributed by atoms with Crippen molar-refractivity contribution in [1.82, 2.24) is 14.9 Å². The predicted octanol–water partition coefficient (Wildman–Crippen LogP) is 4.17. The van der Waals surface area contributed by atoms with Gasteiger partial charge < -0.3 is 5.32 Å². The van der Waals surface area contributed by atoms with E-state index in [2.05, 4.69) is 25.7 Å². The van der Waals surface area contributed by atoms with Crippen LogP contribution >= 0.6 is 23.1 Å². The first kappa shape index (κ1) is 21.1. The molecule has 0 bridgehead atoms. The number of aromatic nitrogens is 2. The average molecular weight is 420 g/mol. The molecule has 2 atom stereocenters. The fourth-order valence-electron chi connectivity index (χ4n) is 3.76. The van der Waals surface area contributed by atoms with Crippen molar-refractivity contribution in [3.05, 3.63) is 33.4 Å². The topological polar surface area (TPSA) is 64.0 Å². The van der Waals surface area contributed by atoms with Crippen molar-refractivity contribution in [1.29, 1.82) is 0 Å². The number of thioether (sulfide) groups is 1. The van der Waals surface area contributed by atoms with Gasteiger partial charge in [0, 0.05) is 17.5 Å². The van der Waals surface area contributed by atoms with Gasteiger partial charge in [-0.25, -0.2) is 4.98 Å². The number of carbonyl (C=O) groups is 1. The number of allylic oxidation sites excluding steroid dienone is 1. The van der Waals surface area contributed by atoms with Gasteiger partial charge in [0.15, 0.2) is 5.16 Å². The van der Waals surface area contributed by atoms with Gasteiger partial charge in [-0.3, -0.25) is 14.2 Å². The zero-order valence-electron chi connectivity index (χ0n) is 16.9. The zero-order chi connectivity index (χ0) is 20.3. The molecule has 0 unspecified atom stereocenters. The molecule has 0 radical (unpaired) electrons. The van der Waals surface area contributed by atoms with Gasteiger partial charge in [-0.1, -0.05) is 38.1 Å². The van der Waals surface area contributed by atoms with Crippen LogP contribution in [-0.4, -0.2) is 27.3 Å². The second kappa shape index (κ2) is 9.27. The summed E-state index contributed by atoms with van der Waals surface area (Å²) < 4.78 is 1.66. The van der Waals surface area contributed by atoms with Crippen LogP contribution in [0.25, 0.3) is 10.2 Å². The number of nitrogens with one attached hydrogen (secondary N) is 1. The van der Waals surface area contributed by atoms with Crippen LogP contribution < -0.4 is 10.9 Å². The van der Waals surface area contributed by atoms with Gasteiger partial charge in [0.2, 0.25) is 5.91 Å². The zero-order valence-corrected chi connectivity index (χ0v) is 18.5. The van der Waals surface area contributed by atoms with Gasteiger partial charge in [0.25, 0.3) is 5.56 Å². The Kier molecular flexibility index (Phi) is 6.99. The Bertz CT molecular complexity index is 932. The van der Waals surface area contributed by atoms with Gasteiger partial charge in [-0.2, -0.15) is 0 Å². The number of amides is 1. The Labute approximate surface area is 174 Å². The van der Waals surface area contributed by atoms with E-state index in [9.17, 15) is 9.59 Å². The first-order chi connectivity index (χ1) is 13.4. The Morgan fingerprint density at radius 1 is 1.54 bits per heavy atom. The largest absolute Gasteiger partial charge is 0.353 e. The maximum absolute atomic E-state index is 13.2. The third-order valence-corrected chi connectivity index (χ3v) is 7.28. The standard InChI is InChI=1S/C21H29N3O2S2/c1-5-7-14(4)22-17(25)12-27-21-23-19-18(20(26)24(21)10-6-2)15-9-8-13(3)11-16(15)28-19/h6,13-14H,2,5,7-12H2,1,3-4H3,(H,22,25)/t13-,14+/m1/s1. The maximum Gasteiger partial charge on any atom is 0.263 e. The van der Waals surface area contributed by atoms with Crippen LogP contribution in [0.2, 0.25) is 0 Å². The molecule has 152 valence electrons. The molecule has 1 aliphatic carbocycles. The van der Waals surface area contributed by atoms with E-state index in [1.165, 1.54) is 22.2 Å². The highest BCUT2D eigenvalue weighted by Crippen LogP contribution is 2.36. The molecular formula is C21H29N3O2S2. The molecule has 0 saturated carbocycles. The normalized spacial score (nSPS) is 17.3. The first-order valence-electron chi connectivity index (χ1n) is 10.0. The molecule has 1 amide bonds. The molecule has 2 aromatic heterocycles. The smallest absolute Gasteiger partial charge is 0.263 e. The molecule has 0 aromatic carbocycles. The predicted molar refractivity (Wildman–Crippen MR) is 119 cm³/mol. The van der Waals surface area contributed by atoms with Crippen molar-refractivity contribution < 1.29 is 4.79 Å². The SMILES string of the molecule is C=CCn1c(SCC(=O)N[C@@H](C)CCC)nc2sc3c(c2c1=O)CC[C@@H](C)C3. The van der Waals surface area contributed by atoms with Crippen LogP contribution in [-0.2, 0) is 24.2 Å². The molecule has 28 heavy (non-hydrogen) atoms. The summed E-state index contributed by atoms with van der Waals surface area (Å²) in [6, 6.07) is 0.162. The van der Waals surface area contributed by atoms with Crippen molar-refractivity contribution in [2.45, 2.75) is 70.6 Å². The summed E-state index contributed by atoms with van der Waals surface area (Å²) in [5.74, 6) is 0.883. The number of carbonyl (C=O) groups excluding carboxylic acids is 1. The lowest BCUT2D eigenvalue weighted by molar-refractivity contribution is -0.119. The number of rotatable bonds is 8. The van der Waals surface area contributed by atoms with Crippen molar-refractivity contribution in [2.75, 3.05) is 5.75 Å². The van der Waals surface area contributed by atoms with E-state index in [-0.39, 0.29) is 23.3 Å². The first-order valence-corrected chi connectivity index (χ1v) is 11.8. The van der Waals surface area contributed by atoms with E-state index < -0.39 is 0 Å². The Hall–Kier alpha value is -1.60. The minimum Gasteiger partial charge on any atom is -0.353 e. The monoisotopic (exact) mass is 419 g/mol. The summed E-state index contributed by atoms with van der Waals surface area (Å²) in [5.41, 5.74) is 1.19. The summed E-state index contributed by atoms with van der Waals surface area (Å²) >= 11 is 2.98. The van der Waals surface area contributed by atoms with Crippen LogP contribution in [0.5, 0.6) is 0 Å². The molecule has 2 aromatic rings. The molecule has 0 aliphatic heterocycles. The van der Waals surface area contributed by atoms with E-state index >= 15 is 0 Å². The Balaban J connectivity index is 1.89. The molecular weight excluding hydrogens is 390 g/mol. The van der Waals surface area contributed by atoms with Gasteiger partial charge in [0.05, 0.1) is 11.1 Å². The lowest BCUT2D eigenvalue weighted by atomic mass is 9.89. The Morgan fingerprint density at radius 3 is 3.04 bits per heavy atom. The highest BCUT2D eigenvalue weighted by molar-refractivity contribution is 7.99. The lowest BCUT2D eigenvalue weighted by Gasteiger charge is -2.17. The summed E-state index contributed by atoms with van der Waals surface area (Å²) in [5, 5.41) is 4.38. The molecule has 0 fully saturated rings. The van der Waals surface area contributed by atoms with E-state index in [4.69, 9.17) is 4.98 Å². The molecule has 2 heterocycles. The van der Waals surface area contributed by atoms with Crippen LogP contribution in [0.4, 0.5) is 0 Å². The van der Waals surface area contributed by atoms with E-state index in [1.807, 2.05) is 6.92 Å². The maximum atomic E-state index is 13.2. The highest BCUT2D eigenvalue weighted by atomic mass is 32.2. The summed E-state index contributed by atoms with van der Waals surface area (Å²) in [7, 11) is 0. The fourth-order valence-corrected chi connectivity index (χ4v) is 6.00. The van der Waals surface area contributed by atoms with Gasteiger partial charge >= 0.3 is 0 Å². The second-order valence-electron chi connectivity index (χ2n) is 7.68. The van der Waals surface area contributed by atoms with Crippen LogP contribution in [0.1, 0.15) is 50.5 Å². The number of fused-ring (bicyclic) bond motifs is 3. The van der Waals surface area contributed by atoms with Gasteiger partial charge in [-0.15, -0.1) is 17.9 Å². The van der Waals surface area contributed by atoms with E-state index in [0.717, 1.165) is 42.3 Å². The van der Waals surface area contributed by atoms with Crippen molar-refractivity contribution in [2.24, 2.45) is 5.92 Å². The van der Waals surface area contributed by atoms with Crippen LogP contribution in [0.3, 0.4) is 0 Å². The summed E-state index contributed by atoms with van der Waals surface area (Å²) in [4.78, 5) is 32.4. The minimum absolute atomic E-state index is 0.000729. The third-order valence-electron chi connectivity index (χ3n) is 5.15. The molecule has 1 N–H and O–H groups in total. The van der Waals surface area contributed by atoms with Crippen LogP contribution in [0.15, 0.2) is 22.6 Å². The fraction of sp³-hybridized carbons (Fsp3) is 0.571. The molecule has 7 heteroatoms. The van der Waals surface area contributed by atoms with Crippen LogP contribution in [0, 0.1) is 5.92 Å². The van der Waals surface area contributed by atoms with E-state index in [1.54, 1.807) is 22.0 Å². The van der Waals surface area contributed by atoms with Gasteiger partial charge in [-0.05, 0) is 44.1 Å². The van der Waals surface area contributed by atoms with Crippen molar-refractivity contribution in [3.8, 4) is 0 Å². The Morgan fingerprint density at radius 2 is 2.32 bits per heavy atom. The average Bonchev–Trinajstić information content (AvgIpc) is 3.00. The number of hydrogen-bond donors (Lipinski definition) is 1. The minimum atomic E-state index is -0.0234.